The molecule has 1 aromatic heterocycles. The van der Waals surface area contributed by atoms with Crippen LogP contribution in [0.25, 0.3) is 11.3 Å². The smallest absolute Gasteiger partial charge is 0.333 e. The standard InChI is InChI=1S/C18H19N4O3P/c1-2-25-26(23,24)18(20-15-6-4-3-5-7-15)21-16-10-8-14(9-11-16)17-12-13-19-22-17/h3-13H,2H2,1H3,(H,19,22)(H,20,21)(H,23,24). The first-order valence-electron chi connectivity index (χ1n) is 8.07. The number of hydrogen-bond acceptors (Lipinski definition) is 4. The molecule has 3 rings (SSSR count). The van der Waals surface area contributed by atoms with Gasteiger partial charge in [0.05, 0.1) is 18.0 Å². The summed E-state index contributed by atoms with van der Waals surface area (Å²) in [5.41, 5.74) is 2.77. The van der Waals surface area contributed by atoms with Gasteiger partial charge in [0, 0.05) is 17.4 Å². The monoisotopic (exact) mass is 370 g/mol. The summed E-state index contributed by atoms with van der Waals surface area (Å²) in [5, 5.41) is 9.77. The summed E-state index contributed by atoms with van der Waals surface area (Å²) < 4.78 is 17.5. The highest BCUT2D eigenvalue weighted by Crippen LogP contribution is 2.44. The molecule has 0 aliphatic carbocycles. The molecule has 0 aliphatic heterocycles. The molecule has 0 fully saturated rings. The van der Waals surface area contributed by atoms with E-state index in [1.165, 1.54) is 0 Å². The van der Waals surface area contributed by atoms with Crippen LogP contribution in [0.4, 0.5) is 11.4 Å². The van der Waals surface area contributed by atoms with E-state index >= 15 is 0 Å². The van der Waals surface area contributed by atoms with Gasteiger partial charge in [0.2, 0.25) is 5.58 Å². The SMILES string of the molecule is CCOP(=O)(O)/C(=N/c1ccc(-c2cc[nH]n2)cc1)Nc1ccccc1. The van der Waals surface area contributed by atoms with E-state index in [-0.39, 0.29) is 12.2 Å². The topological polar surface area (TPSA) is 99.6 Å². The summed E-state index contributed by atoms with van der Waals surface area (Å²) in [4.78, 5) is 14.5. The molecule has 0 saturated heterocycles. The molecular formula is C18H19N4O3P. The number of aromatic nitrogens is 2. The highest BCUT2D eigenvalue weighted by molar-refractivity contribution is 7.71. The van der Waals surface area contributed by atoms with Gasteiger partial charge in [-0.25, -0.2) is 4.99 Å². The summed E-state index contributed by atoms with van der Waals surface area (Å²) in [6.07, 6.45) is 1.74. The Labute approximate surface area is 151 Å². The largest absolute Gasteiger partial charge is 0.393 e. The van der Waals surface area contributed by atoms with Gasteiger partial charge in [0.1, 0.15) is 0 Å². The second-order valence-corrected chi connectivity index (χ2v) is 7.09. The third-order valence-electron chi connectivity index (χ3n) is 3.50. The minimum Gasteiger partial charge on any atom is -0.333 e. The molecule has 2 aromatic carbocycles. The average molecular weight is 370 g/mol. The number of para-hydroxylation sites is 1. The molecule has 1 unspecified atom stereocenters. The van der Waals surface area contributed by atoms with Crippen molar-refractivity contribution in [2.24, 2.45) is 4.99 Å². The van der Waals surface area contributed by atoms with Crippen LogP contribution in [0.5, 0.6) is 0 Å². The van der Waals surface area contributed by atoms with Gasteiger partial charge in [-0.15, -0.1) is 0 Å². The Morgan fingerprint density at radius 3 is 2.54 bits per heavy atom. The molecule has 0 saturated carbocycles. The predicted octanol–water partition coefficient (Wildman–Crippen LogP) is 4.40. The number of amidine groups is 1. The van der Waals surface area contributed by atoms with E-state index in [4.69, 9.17) is 4.52 Å². The van der Waals surface area contributed by atoms with Crippen molar-refractivity contribution in [3.05, 3.63) is 66.9 Å². The highest BCUT2D eigenvalue weighted by atomic mass is 31.2. The first kappa shape index (κ1) is 18.1. The molecule has 0 aliphatic rings. The number of aromatic amines is 1. The number of hydrogen-bond donors (Lipinski definition) is 3. The summed E-state index contributed by atoms with van der Waals surface area (Å²) in [6, 6.07) is 18.1. The van der Waals surface area contributed by atoms with Crippen molar-refractivity contribution in [3.8, 4) is 11.3 Å². The van der Waals surface area contributed by atoms with Crippen molar-refractivity contribution in [2.75, 3.05) is 11.9 Å². The third-order valence-corrected chi connectivity index (χ3v) is 4.86. The van der Waals surface area contributed by atoms with Crippen molar-refractivity contribution in [1.29, 1.82) is 0 Å². The van der Waals surface area contributed by atoms with Gasteiger partial charge in [-0.2, -0.15) is 5.10 Å². The molecule has 3 N–H and O–H groups in total. The molecule has 7 nitrogen and oxygen atoms in total. The summed E-state index contributed by atoms with van der Waals surface area (Å²) in [7, 11) is -4.07. The van der Waals surface area contributed by atoms with Gasteiger partial charge in [-0.3, -0.25) is 9.66 Å². The van der Waals surface area contributed by atoms with Gasteiger partial charge in [-0.05, 0) is 37.3 Å². The van der Waals surface area contributed by atoms with Crippen molar-refractivity contribution in [2.45, 2.75) is 6.92 Å². The summed E-state index contributed by atoms with van der Waals surface area (Å²) >= 11 is 0. The number of rotatable bonds is 6. The Balaban J connectivity index is 1.91. The van der Waals surface area contributed by atoms with Crippen LogP contribution in [0.1, 0.15) is 6.92 Å². The Morgan fingerprint density at radius 2 is 1.92 bits per heavy atom. The lowest BCUT2D eigenvalue weighted by molar-refractivity contribution is 0.286. The minimum atomic E-state index is -4.07. The van der Waals surface area contributed by atoms with Gasteiger partial charge < -0.3 is 14.7 Å². The Bertz CT molecular complexity index is 909. The Morgan fingerprint density at radius 1 is 1.19 bits per heavy atom. The fourth-order valence-electron chi connectivity index (χ4n) is 2.30. The molecule has 1 heterocycles. The Kier molecular flexibility index (Phi) is 5.63. The lowest BCUT2D eigenvalue weighted by Gasteiger charge is -2.15. The number of nitrogens with one attached hydrogen (secondary N) is 2. The predicted molar refractivity (Wildman–Crippen MR) is 103 cm³/mol. The summed E-state index contributed by atoms with van der Waals surface area (Å²) in [6.45, 7) is 1.75. The zero-order chi connectivity index (χ0) is 18.4. The van der Waals surface area contributed by atoms with E-state index in [1.807, 2.05) is 36.4 Å². The van der Waals surface area contributed by atoms with Gasteiger partial charge in [0.15, 0.2) is 0 Å². The minimum absolute atomic E-state index is 0.0986. The maximum absolute atomic E-state index is 12.5. The van der Waals surface area contributed by atoms with Crippen LogP contribution in [-0.4, -0.2) is 27.3 Å². The van der Waals surface area contributed by atoms with Crippen molar-refractivity contribution >= 4 is 24.5 Å². The fourth-order valence-corrected chi connectivity index (χ4v) is 3.28. The average Bonchev–Trinajstić information content (AvgIpc) is 3.17. The number of anilines is 1. The maximum atomic E-state index is 12.5. The number of aliphatic imine (C=N–C) groups is 1. The number of benzene rings is 2. The fraction of sp³-hybridized carbons (Fsp3) is 0.111. The van der Waals surface area contributed by atoms with Crippen molar-refractivity contribution in [3.63, 3.8) is 0 Å². The zero-order valence-corrected chi connectivity index (χ0v) is 15.1. The van der Waals surface area contributed by atoms with Crippen molar-refractivity contribution in [1.82, 2.24) is 10.2 Å². The van der Waals surface area contributed by atoms with E-state index in [1.54, 1.807) is 37.4 Å². The molecule has 0 amide bonds. The first-order chi connectivity index (χ1) is 12.6. The first-order valence-corrected chi connectivity index (χ1v) is 9.65. The summed E-state index contributed by atoms with van der Waals surface area (Å²) in [5.74, 6) is 0. The van der Waals surface area contributed by atoms with Crippen LogP contribution in [0.15, 0.2) is 71.9 Å². The normalized spacial score (nSPS) is 14.0. The van der Waals surface area contributed by atoms with E-state index < -0.39 is 7.60 Å². The zero-order valence-electron chi connectivity index (χ0n) is 14.2. The van der Waals surface area contributed by atoms with Crippen LogP contribution >= 0.6 is 7.60 Å². The van der Waals surface area contributed by atoms with Crippen LogP contribution in [0.3, 0.4) is 0 Å². The van der Waals surface area contributed by atoms with Crippen LogP contribution < -0.4 is 5.32 Å². The Hall–Kier alpha value is -2.73. The van der Waals surface area contributed by atoms with Gasteiger partial charge >= 0.3 is 7.60 Å². The van der Waals surface area contributed by atoms with Crippen LogP contribution in [-0.2, 0) is 9.09 Å². The second-order valence-electron chi connectivity index (χ2n) is 5.37. The van der Waals surface area contributed by atoms with E-state index in [2.05, 4.69) is 20.5 Å². The number of nitrogens with zero attached hydrogens (tertiary/aromatic N) is 2. The molecule has 0 spiro atoms. The molecule has 26 heavy (non-hydrogen) atoms. The van der Waals surface area contributed by atoms with Gasteiger partial charge in [0.25, 0.3) is 0 Å². The van der Waals surface area contributed by atoms with Gasteiger partial charge in [-0.1, -0.05) is 30.3 Å². The second kappa shape index (κ2) is 8.10. The quantitative estimate of drug-likeness (QED) is 0.339. The van der Waals surface area contributed by atoms with E-state index in [0.29, 0.717) is 11.4 Å². The molecule has 134 valence electrons. The molecule has 0 radical (unpaired) electrons. The maximum Gasteiger partial charge on any atom is 0.393 e. The van der Waals surface area contributed by atoms with E-state index in [0.717, 1.165) is 11.3 Å². The van der Waals surface area contributed by atoms with Crippen LogP contribution in [0, 0.1) is 0 Å². The molecule has 3 aromatic rings. The molecule has 1 atom stereocenters. The van der Waals surface area contributed by atoms with Crippen LogP contribution in [0.2, 0.25) is 0 Å². The lowest BCUT2D eigenvalue weighted by Crippen LogP contribution is -2.14. The molecular weight excluding hydrogens is 351 g/mol. The van der Waals surface area contributed by atoms with E-state index in [9.17, 15) is 9.46 Å². The number of H-pyrrole nitrogens is 1. The molecule has 8 heteroatoms. The molecule has 0 bridgehead atoms. The van der Waals surface area contributed by atoms with Crippen molar-refractivity contribution < 1.29 is 14.0 Å². The highest BCUT2D eigenvalue weighted by Gasteiger charge is 2.28. The third kappa shape index (κ3) is 4.46. The lowest BCUT2D eigenvalue weighted by atomic mass is 10.1.